The molecule has 0 radical (unpaired) electrons. The third-order valence-electron chi connectivity index (χ3n) is 4.52. The minimum atomic E-state index is 0.0997. The normalized spacial score (nSPS) is 18.2. The number of hydrogen-bond donors (Lipinski definition) is 2. The Balaban J connectivity index is 1.58. The van der Waals surface area contributed by atoms with Gasteiger partial charge in [-0.1, -0.05) is 32.0 Å². The molecule has 2 aromatic heterocycles. The van der Waals surface area contributed by atoms with E-state index in [1.54, 1.807) is 0 Å². The lowest BCUT2D eigenvalue weighted by atomic mass is 10.1. The highest BCUT2D eigenvalue weighted by atomic mass is 16.2. The Morgan fingerprint density at radius 1 is 1.33 bits per heavy atom. The van der Waals surface area contributed by atoms with Crippen LogP contribution in [-0.2, 0) is 4.79 Å². The molecule has 1 aromatic carbocycles. The first-order valence-corrected chi connectivity index (χ1v) is 8.38. The van der Waals surface area contributed by atoms with Crippen LogP contribution in [0.1, 0.15) is 32.0 Å². The van der Waals surface area contributed by atoms with Gasteiger partial charge >= 0.3 is 0 Å². The standard InChI is InChI=1S/C18H21N5O/c1-11(2)9-23-10-12(7-16(23)24)17-20-18(22-21-17)14-8-19-15-6-4-3-5-13(14)15/h3-6,8,11-12,19H,7,9-10H2,1-2H3,(H,20,21,22)/t12-/m0/s1. The molecule has 1 aliphatic rings. The largest absolute Gasteiger partial charge is 0.360 e. The summed E-state index contributed by atoms with van der Waals surface area (Å²) in [6.07, 6.45) is 2.44. The van der Waals surface area contributed by atoms with Gasteiger partial charge in [0.05, 0.1) is 0 Å². The Labute approximate surface area is 140 Å². The molecule has 1 saturated heterocycles. The van der Waals surface area contributed by atoms with E-state index in [4.69, 9.17) is 0 Å². The number of H-pyrrole nitrogens is 2. The molecule has 24 heavy (non-hydrogen) atoms. The van der Waals surface area contributed by atoms with E-state index in [9.17, 15) is 4.79 Å². The Hall–Kier alpha value is -2.63. The Morgan fingerprint density at radius 3 is 3.00 bits per heavy atom. The summed E-state index contributed by atoms with van der Waals surface area (Å²) in [7, 11) is 0. The van der Waals surface area contributed by atoms with Crippen LogP contribution in [0.3, 0.4) is 0 Å². The van der Waals surface area contributed by atoms with Crippen LogP contribution in [0.15, 0.2) is 30.5 Å². The minimum absolute atomic E-state index is 0.0997. The first-order valence-electron chi connectivity index (χ1n) is 8.38. The topological polar surface area (TPSA) is 77.7 Å². The Morgan fingerprint density at radius 2 is 2.17 bits per heavy atom. The van der Waals surface area contributed by atoms with Gasteiger partial charge in [-0.05, 0) is 12.0 Å². The van der Waals surface area contributed by atoms with Gasteiger partial charge in [0, 0.05) is 48.1 Å². The van der Waals surface area contributed by atoms with Crippen molar-refractivity contribution < 1.29 is 4.79 Å². The predicted molar refractivity (Wildman–Crippen MR) is 92.5 cm³/mol. The van der Waals surface area contributed by atoms with Gasteiger partial charge in [0.2, 0.25) is 5.91 Å². The summed E-state index contributed by atoms with van der Waals surface area (Å²) in [4.78, 5) is 22.0. The lowest BCUT2D eigenvalue weighted by Crippen LogP contribution is -2.29. The van der Waals surface area contributed by atoms with Crippen LogP contribution in [0.2, 0.25) is 0 Å². The molecule has 6 nitrogen and oxygen atoms in total. The Kier molecular flexibility index (Phi) is 3.59. The SMILES string of the molecule is CC(C)CN1C[C@@H](c2nc(-c3c[nH]c4ccccc34)n[nH]2)CC1=O. The fourth-order valence-electron chi connectivity index (χ4n) is 3.41. The number of aromatic amines is 2. The van der Waals surface area contributed by atoms with Gasteiger partial charge in [0.1, 0.15) is 5.82 Å². The summed E-state index contributed by atoms with van der Waals surface area (Å²) in [6.45, 7) is 5.78. The monoisotopic (exact) mass is 323 g/mol. The van der Waals surface area contributed by atoms with Crippen molar-refractivity contribution in [3.05, 3.63) is 36.3 Å². The molecule has 1 aliphatic heterocycles. The van der Waals surface area contributed by atoms with Gasteiger partial charge in [-0.15, -0.1) is 0 Å². The molecular formula is C18H21N5O. The molecule has 0 unspecified atom stereocenters. The molecule has 0 spiro atoms. The van der Waals surface area contributed by atoms with E-state index in [-0.39, 0.29) is 11.8 Å². The van der Waals surface area contributed by atoms with E-state index in [0.29, 0.717) is 18.2 Å². The number of nitrogens with one attached hydrogen (secondary N) is 2. The first-order chi connectivity index (χ1) is 11.6. The zero-order valence-corrected chi connectivity index (χ0v) is 13.9. The third-order valence-corrected chi connectivity index (χ3v) is 4.52. The third kappa shape index (κ3) is 2.58. The van der Waals surface area contributed by atoms with Crippen LogP contribution in [0.25, 0.3) is 22.3 Å². The molecule has 3 heterocycles. The van der Waals surface area contributed by atoms with Crippen molar-refractivity contribution in [2.45, 2.75) is 26.2 Å². The van der Waals surface area contributed by atoms with Crippen LogP contribution < -0.4 is 0 Å². The molecule has 0 bridgehead atoms. The number of fused-ring (bicyclic) bond motifs is 1. The number of aromatic nitrogens is 4. The number of hydrogen-bond acceptors (Lipinski definition) is 3. The maximum atomic E-state index is 12.2. The molecule has 3 aromatic rings. The van der Waals surface area contributed by atoms with Crippen LogP contribution in [0.4, 0.5) is 0 Å². The smallest absolute Gasteiger partial charge is 0.223 e. The van der Waals surface area contributed by atoms with E-state index in [1.165, 1.54) is 0 Å². The van der Waals surface area contributed by atoms with Crippen molar-refractivity contribution in [2.24, 2.45) is 5.92 Å². The average Bonchev–Trinajstić information content (AvgIpc) is 3.25. The van der Waals surface area contributed by atoms with Gasteiger partial charge < -0.3 is 9.88 Å². The maximum Gasteiger partial charge on any atom is 0.223 e. The van der Waals surface area contributed by atoms with Crippen molar-refractivity contribution in [3.63, 3.8) is 0 Å². The van der Waals surface area contributed by atoms with Crippen molar-refractivity contribution in [2.75, 3.05) is 13.1 Å². The summed E-state index contributed by atoms with van der Waals surface area (Å²) in [5.74, 6) is 2.26. The summed E-state index contributed by atoms with van der Waals surface area (Å²) >= 11 is 0. The van der Waals surface area contributed by atoms with Crippen LogP contribution in [0, 0.1) is 5.92 Å². The zero-order valence-electron chi connectivity index (χ0n) is 13.9. The van der Waals surface area contributed by atoms with E-state index >= 15 is 0 Å². The molecule has 1 atom stereocenters. The lowest BCUT2D eigenvalue weighted by molar-refractivity contribution is -0.128. The first kappa shape index (κ1) is 14.9. The number of likely N-dealkylation sites (tertiary alicyclic amines) is 1. The van der Waals surface area contributed by atoms with Gasteiger partial charge in [-0.2, -0.15) is 5.10 Å². The Bertz CT molecular complexity index is 878. The highest BCUT2D eigenvalue weighted by Gasteiger charge is 2.33. The number of para-hydroxylation sites is 1. The van der Waals surface area contributed by atoms with Crippen molar-refractivity contribution in [1.82, 2.24) is 25.1 Å². The highest BCUT2D eigenvalue weighted by molar-refractivity contribution is 5.93. The molecule has 1 fully saturated rings. The second kappa shape index (κ2) is 5.78. The van der Waals surface area contributed by atoms with E-state index in [1.807, 2.05) is 29.3 Å². The quantitative estimate of drug-likeness (QED) is 0.775. The number of carbonyl (C=O) groups excluding carboxylic acids is 1. The highest BCUT2D eigenvalue weighted by Crippen LogP contribution is 2.30. The fraction of sp³-hybridized carbons (Fsp3) is 0.389. The summed E-state index contributed by atoms with van der Waals surface area (Å²) < 4.78 is 0. The molecule has 2 N–H and O–H groups in total. The molecule has 0 aliphatic carbocycles. The summed E-state index contributed by atoms with van der Waals surface area (Å²) in [5.41, 5.74) is 2.05. The molecule has 124 valence electrons. The van der Waals surface area contributed by atoms with Crippen molar-refractivity contribution in [3.8, 4) is 11.4 Å². The van der Waals surface area contributed by atoms with E-state index in [0.717, 1.165) is 35.4 Å². The molecular weight excluding hydrogens is 302 g/mol. The van der Waals surface area contributed by atoms with Crippen LogP contribution >= 0.6 is 0 Å². The second-order valence-electron chi connectivity index (χ2n) is 6.89. The lowest BCUT2D eigenvalue weighted by Gasteiger charge is -2.18. The molecule has 6 heteroatoms. The number of amides is 1. The van der Waals surface area contributed by atoms with Crippen molar-refractivity contribution in [1.29, 1.82) is 0 Å². The van der Waals surface area contributed by atoms with Crippen LogP contribution in [-0.4, -0.2) is 44.1 Å². The van der Waals surface area contributed by atoms with Crippen LogP contribution in [0.5, 0.6) is 0 Å². The summed E-state index contributed by atoms with van der Waals surface area (Å²) in [5, 5.41) is 8.52. The van der Waals surface area contributed by atoms with Gasteiger partial charge in [0.15, 0.2) is 5.82 Å². The van der Waals surface area contributed by atoms with Crippen molar-refractivity contribution >= 4 is 16.8 Å². The molecule has 0 saturated carbocycles. The van der Waals surface area contributed by atoms with Gasteiger partial charge in [0.25, 0.3) is 0 Å². The maximum absolute atomic E-state index is 12.2. The van der Waals surface area contributed by atoms with E-state index < -0.39 is 0 Å². The number of carbonyl (C=O) groups is 1. The minimum Gasteiger partial charge on any atom is -0.360 e. The number of nitrogens with zero attached hydrogens (tertiary/aromatic N) is 3. The fourth-order valence-corrected chi connectivity index (χ4v) is 3.41. The zero-order chi connectivity index (χ0) is 16.7. The summed E-state index contributed by atoms with van der Waals surface area (Å²) in [6, 6.07) is 8.10. The average molecular weight is 323 g/mol. The second-order valence-corrected chi connectivity index (χ2v) is 6.89. The number of benzene rings is 1. The number of rotatable bonds is 4. The molecule has 1 amide bonds. The predicted octanol–water partition coefficient (Wildman–Crippen LogP) is 2.92. The van der Waals surface area contributed by atoms with Gasteiger partial charge in [-0.25, -0.2) is 4.98 Å². The van der Waals surface area contributed by atoms with Gasteiger partial charge in [-0.3, -0.25) is 9.89 Å². The van der Waals surface area contributed by atoms with E-state index in [2.05, 4.69) is 40.1 Å². The molecule has 4 rings (SSSR count).